The predicted molar refractivity (Wildman–Crippen MR) is 83.9 cm³/mol. The standard InChI is InChI=1S/C18H23NO2/c1-2-16(13-14-10-11-14)19-18(21)17-9-4-3-7-15(17)8-5-6-12-20/h3-4,7,9,14,16,20H,2,6,10-13H2,1H3,(H,19,21). The second-order valence-electron chi connectivity index (χ2n) is 5.58. The Bertz CT molecular complexity index is 538. The van der Waals surface area contributed by atoms with E-state index in [1.807, 2.05) is 24.3 Å². The van der Waals surface area contributed by atoms with E-state index in [9.17, 15) is 4.79 Å². The summed E-state index contributed by atoms with van der Waals surface area (Å²) in [5, 5.41) is 11.9. The van der Waals surface area contributed by atoms with Gasteiger partial charge in [0.2, 0.25) is 0 Å². The first kappa shape index (κ1) is 15.6. The molecule has 3 nitrogen and oxygen atoms in total. The van der Waals surface area contributed by atoms with Crippen molar-refractivity contribution in [1.82, 2.24) is 5.32 Å². The van der Waals surface area contributed by atoms with Crippen LogP contribution in [-0.4, -0.2) is 23.7 Å². The van der Waals surface area contributed by atoms with E-state index in [-0.39, 0.29) is 18.6 Å². The summed E-state index contributed by atoms with van der Waals surface area (Å²) in [4.78, 5) is 12.4. The van der Waals surface area contributed by atoms with E-state index in [1.54, 1.807) is 0 Å². The van der Waals surface area contributed by atoms with E-state index in [0.29, 0.717) is 12.0 Å². The largest absolute Gasteiger partial charge is 0.395 e. The average molecular weight is 285 g/mol. The maximum Gasteiger partial charge on any atom is 0.252 e. The van der Waals surface area contributed by atoms with E-state index >= 15 is 0 Å². The van der Waals surface area contributed by atoms with Crippen LogP contribution >= 0.6 is 0 Å². The van der Waals surface area contributed by atoms with Crippen LogP contribution in [-0.2, 0) is 0 Å². The van der Waals surface area contributed by atoms with Crippen molar-refractivity contribution in [3.8, 4) is 11.8 Å². The molecule has 1 aromatic rings. The molecule has 0 heterocycles. The number of benzene rings is 1. The van der Waals surface area contributed by atoms with Gasteiger partial charge >= 0.3 is 0 Å². The van der Waals surface area contributed by atoms with Gasteiger partial charge in [-0.2, -0.15) is 0 Å². The fraction of sp³-hybridized carbons (Fsp3) is 0.500. The van der Waals surface area contributed by atoms with Gasteiger partial charge in [-0.3, -0.25) is 4.79 Å². The molecular weight excluding hydrogens is 262 g/mol. The number of aliphatic hydroxyl groups excluding tert-OH is 1. The minimum atomic E-state index is -0.0450. The van der Waals surface area contributed by atoms with Crippen molar-refractivity contribution in [1.29, 1.82) is 0 Å². The highest BCUT2D eigenvalue weighted by molar-refractivity contribution is 5.96. The molecule has 2 rings (SSSR count). The summed E-state index contributed by atoms with van der Waals surface area (Å²) in [7, 11) is 0. The zero-order chi connectivity index (χ0) is 15.1. The van der Waals surface area contributed by atoms with Crippen LogP contribution in [0.1, 0.15) is 54.9 Å². The number of rotatable bonds is 6. The smallest absolute Gasteiger partial charge is 0.252 e. The number of hydrogen-bond acceptors (Lipinski definition) is 2. The topological polar surface area (TPSA) is 49.3 Å². The first-order chi connectivity index (χ1) is 10.2. The second-order valence-corrected chi connectivity index (χ2v) is 5.58. The second kappa shape index (κ2) is 7.85. The van der Waals surface area contributed by atoms with Crippen LogP contribution in [0, 0.1) is 17.8 Å². The Hall–Kier alpha value is -1.79. The molecule has 2 N–H and O–H groups in total. The van der Waals surface area contributed by atoms with E-state index in [4.69, 9.17) is 5.11 Å². The summed E-state index contributed by atoms with van der Waals surface area (Å²) in [5.41, 5.74) is 1.35. The molecule has 0 spiro atoms. The number of nitrogens with one attached hydrogen (secondary N) is 1. The Balaban J connectivity index is 2.05. The molecule has 1 aliphatic rings. The molecule has 1 saturated carbocycles. The lowest BCUT2D eigenvalue weighted by Gasteiger charge is -2.17. The highest BCUT2D eigenvalue weighted by Gasteiger charge is 2.25. The van der Waals surface area contributed by atoms with Gasteiger partial charge in [-0.1, -0.05) is 43.7 Å². The fourth-order valence-corrected chi connectivity index (χ4v) is 2.35. The van der Waals surface area contributed by atoms with E-state index in [1.165, 1.54) is 12.8 Å². The first-order valence-corrected chi connectivity index (χ1v) is 7.74. The molecule has 0 radical (unpaired) electrons. The Kier molecular flexibility index (Phi) is 5.83. The van der Waals surface area contributed by atoms with Crippen molar-refractivity contribution < 1.29 is 9.90 Å². The SMILES string of the molecule is CCC(CC1CC1)NC(=O)c1ccccc1C#CCCO. The summed E-state index contributed by atoms with van der Waals surface area (Å²) < 4.78 is 0. The number of amides is 1. The molecular formula is C18H23NO2. The van der Waals surface area contributed by atoms with Crippen molar-refractivity contribution in [2.75, 3.05) is 6.61 Å². The summed E-state index contributed by atoms with van der Waals surface area (Å²) in [6, 6.07) is 7.64. The van der Waals surface area contributed by atoms with Gasteiger partial charge in [-0.25, -0.2) is 0 Å². The maximum absolute atomic E-state index is 12.4. The summed E-state index contributed by atoms with van der Waals surface area (Å²) in [6.07, 6.45) is 5.07. The third kappa shape index (κ3) is 4.91. The van der Waals surface area contributed by atoms with E-state index in [2.05, 4.69) is 24.1 Å². The van der Waals surface area contributed by atoms with Crippen molar-refractivity contribution >= 4 is 5.91 Å². The van der Waals surface area contributed by atoms with Gasteiger partial charge in [0.05, 0.1) is 12.2 Å². The average Bonchev–Trinajstić information content (AvgIpc) is 3.31. The predicted octanol–water partition coefficient (Wildman–Crippen LogP) is 2.73. The van der Waals surface area contributed by atoms with E-state index in [0.717, 1.165) is 24.3 Å². The molecule has 0 aliphatic heterocycles. The van der Waals surface area contributed by atoms with Crippen molar-refractivity contribution in [2.24, 2.45) is 5.92 Å². The molecule has 1 atom stereocenters. The highest BCUT2D eigenvalue weighted by Crippen LogP contribution is 2.34. The lowest BCUT2D eigenvalue weighted by atomic mass is 10.0. The van der Waals surface area contributed by atoms with Gasteiger partial charge in [0, 0.05) is 18.0 Å². The van der Waals surface area contributed by atoms with Crippen LogP contribution in [0.15, 0.2) is 24.3 Å². The van der Waals surface area contributed by atoms with Gasteiger partial charge in [0.1, 0.15) is 0 Å². The fourth-order valence-electron chi connectivity index (χ4n) is 2.35. The maximum atomic E-state index is 12.4. The first-order valence-electron chi connectivity index (χ1n) is 7.74. The van der Waals surface area contributed by atoms with Crippen LogP contribution in [0.5, 0.6) is 0 Å². The molecule has 1 aromatic carbocycles. The van der Waals surface area contributed by atoms with E-state index < -0.39 is 0 Å². The molecule has 1 unspecified atom stereocenters. The van der Waals surface area contributed by atoms with Crippen LogP contribution in [0.3, 0.4) is 0 Å². The third-order valence-corrected chi connectivity index (χ3v) is 3.77. The molecule has 0 bridgehead atoms. The van der Waals surface area contributed by atoms with Gasteiger partial charge in [0.15, 0.2) is 0 Å². The summed E-state index contributed by atoms with van der Waals surface area (Å²) >= 11 is 0. The van der Waals surface area contributed by atoms with Crippen molar-refractivity contribution in [3.63, 3.8) is 0 Å². The molecule has 21 heavy (non-hydrogen) atoms. The number of hydrogen-bond donors (Lipinski definition) is 2. The molecule has 112 valence electrons. The summed E-state index contributed by atoms with van der Waals surface area (Å²) in [6.45, 7) is 2.15. The van der Waals surface area contributed by atoms with Crippen LogP contribution in [0.2, 0.25) is 0 Å². The summed E-state index contributed by atoms with van der Waals surface area (Å²) in [5.74, 6) is 6.60. The quantitative estimate of drug-likeness (QED) is 0.790. The third-order valence-electron chi connectivity index (χ3n) is 3.77. The lowest BCUT2D eigenvalue weighted by molar-refractivity contribution is 0.0932. The van der Waals surface area contributed by atoms with Crippen molar-refractivity contribution in [2.45, 2.75) is 45.1 Å². The Labute approximate surface area is 126 Å². The molecule has 3 heteroatoms. The number of carbonyl (C=O) groups is 1. The van der Waals surface area contributed by atoms with Crippen LogP contribution in [0.25, 0.3) is 0 Å². The highest BCUT2D eigenvalue weighted by atomic mass is 16.2. The van der Waals surface area contributed by atoms with Crippen LogP contribution < -0.4 is 5.32 Å². The lowest BCUT2D eigenvalue weighted by Crippen LogP contribution is -2.35. The zero-order valence-corrected chi connectivity index (χ0v) is 12.6. The molecule has 1 aliphatic carbocycles. The zero-order valence-electron chi connectivity index (χ0n) is 12.6. The molecule has 0 aromatic heterocycles. The minimum Gasteiger partial charge on any atom is -0.395 e. The monoisotopic (exact) mass is 285 g/mol. The van der Waals surface area contributed by atoms with Gasteiger partial charge < -0.3 is 10.4 Å². The molecule has 1 fully saturated rings. The number of aliphatic hydroxyl groups is 1. The van der Waals surface area contributed by atoms with Crippen LogP contribution in [0.4, 0.5) is 0 Å². The Morgan fingerprint density at radius 1 is 1.43 bits per heavy atom. The molecule has 1 amide bonds. The minimum absolute atomic E-state index is 0.0423. The molecule has 0 saturated heterocycles. The number of carbonyl (C=O) groups excluding carboxylic acids is 1. The Morgan fingerprint density at radius 2 is 2.19 bits per heavy atom. The van der Waals surface area contributed by atoms with Gasteiger partial charge in [-0.15, -0.1) is 0 Å². The van der Waals surface area contributed by atoms with Gasteiger partial charge in [0.25, 0.3) is 5.91 Å². The van der Waals surface area contributed by atoms with Crippen molar-refractivity contribution in [3.05, 3.63) is 35.4 Å². The normalized spacial score (nSPS) is 15.0. The van der Waals surface area contributed by atoms with Gasteiger partial charge in [-0.05, 0) is 30.9 Å². The Morgan fingerprint density at radius 3 is 2.86 bits per heavy atom.